The van der Waals surface area contributed by atoms with Crippen LogP contribution in [0.4, 0.5) is 0 Å². The Balaban J connectivity index is 1.39. The van der Waals surface area contributed by atoms with Gasteiger partial charge < -0.3 is 4.90 Å². The van der Waals surface area contributed by atoms with Crippen molar-refractivity contribution >= 4 is 18.1 Å². The summed E-state index contributed by atoms with van der Waals surface area (Å²) in [4.78, 5) is 21.1. The van der Waals surface area contributed by atoms with E-state index in [1.165, 1.54) is 25.7 Å². The van der Waals surface area contributed by atoms with E-state index in [1.54, 1.807) is 12.4 Å². The second kappa shape index (κ2) is 9.83. The zero-order valence-electron chi connectivity index (χ0n) is 17.9. The molecule has 162 valence electrons. The molecule has 0 bridgehead atoms. The largest absolute Gasteiger partial charge is 0.340 e. The molecule has 0 aromatic carbocycles. The zero-order chi connectivity index (χ0) is 20.9. The van der Waals surface area contributed by atoms with E-state index in [4.69, 9.17) is 17.3 Å². The number of pyridine rings is 1. The molecule has 1 amide bonds. The fraction of sp³-hybridized carbons (Fsp3) is 0.636. The highest BCUT2D eigenvalue weighted by Crippen LogP contribution is 2.28. The van der Waals surface area contributed by atoms with Crippen molar-refractivity contribution in [2.75, 3.05) is 26.2 Å². The van der Waals surface area contributed by atoms with Gasteiger partial charge in [-0.05, 0) is 49.5 Å². The average molecular weight is 429 g/mol. The van der Waals surface area contributed by atoms with E-state index >= 15 is 0 Å². The minimum atomic E-state index is 0.338. The van der Waals surface area contributed by atoms with E-state index in [1.807, 2.05) is 21.7 Å². The predicted octanol–water partition coefficient (Wildman–Crippen LogP) is 3.57. The van der Waals surface area contributed by atoms with Crippen molar-refractivity contribution in [2.24, 2.45) is 5.92 Å². The third-order valence-electron chi connectivity index (χ3n) is 6.31. The molecule has 1 saturated carbocycles. The molecule has 3 heterocycles. The van der Waals surface area contributed by atoms with Gasteiger partial charge in [0.15, 0.2) is 10.6 Å². The van der Waals surface area contributed by atoms with E-state index in [2.05, 4.69) is 21.4 Å². The summed E-state index contributed by atoms with van der Waals surface area (Å²) in [7, 11) is 0. The van der Waals surface area contributed by atoms with Crippen LogP contribution in [0.3, 0.4) is 0 Å². The van der Waals surface area contributed by atoms with Crippen LogP contribution < -0.4 is 0 Å². The molecule has 1 aliphatic heterocycles. The number of hydrogen-bond donors (Lipinski definition) is 0. The number of piperazine rings is 1. The van der Waals surface area contributed by atoms with Crippen LogP contribution >= 0.6 is 12.2 Å². The quantitative estimate of drug-likeness (QED) is 0.631. The maximum Gasteiger partial charge on any atom is 0.222 e. The molecule has 1 saturated heterocycles. The van der Waals surface area contributed by atoms with E-state index in [9.17, 15) is 4.79 Å². The van der Waals surface area contributed by atoms with Gasteiger partial charge in [0.2, 0.25) is 5.91 Å². The molecule has 8 heteroatoms. The van der Waals surface area contributed by atoms with E-state index in [0.717, 1.165) is 61.7 Å². The Morgan fingerprint density at radius 2 is 1.83 bits per heavy atom. The molecule has 0 unspecified atom stereocenters. The molecule has 2 aromatic rings. The Morgan fingerprint density at radius 1 is 1.13 bits per heavy atom. The molecule has 30 heavy (non-hydrogen) atoms. The van der Waals surface area contributed by atoms with E-state index in [-0.39, 0.29) is 0 Å². The van der Waals surface area contributed by atoms with Gasteiger partial charge in [-0.15, -0.1) is 0 Å². The number of rotatable bonds is 7. The Kier molecular flexibility index (Phi) is 6.94. The van der Waals surface area contributed by atoms with E-state index < -0.39 is 0 Å². The molecule has 1 aliphatic carbocycles. The van der Waals surface area contributed by atoms with Crippen LogP contribution in [-0.4, -0.2) is 61.2 Å². The van der Waals surface area contributed by atoms with Gasteiger partial charge in [-0.1, -0.05) is 19.8 Å². The summed E-state index contributed by atoms with van der Waals surface area (Å²) >= 11 is 5.75. The number of carbonyl (C=O) groups is 1. The predicted molar refractivity (Wildman–Crippen MR) is 119 cm³/mol. The summed E-state index contributed by atoms with van der Waals surface area (Å²) in [5.74, 6) is 1.85. The molecular formula is C22H32N6OS. The van der Waals surface area contributed by atoms with Gasteiger partial charge in [0.25, 0.3) is 0 Å². The van der Waals surface area contributed by atoms with Gasteiger partial charge in [0.1, 0.15) is 0 Å². The number of aromatic nitrogens is 4. The second-order valence-corrected chi connectivity index (χ2v) is 8.85. The standard InChI is InChI=1S/C22H32N6OS/c1-2-11-27-21(19-7-9-23-10-8-19)24-28(22(27)30)17-25-12-14-26(15-13-25)20(29)16-18-5-3-4-6-18/h7-10,18H,2-6,11-17H2,1H3. The van der Waals surface area contributed by atoms with Crippen LogP contribution in [0.2, 0.25) is 0 Å². The van der Waals surface area contributed by atoms with Gasteiger partial charge in [0, 0.05) is 57.1 Å². The van der Waals surface area contributed by atoms with Crippen molar-refractivity contribution in [2.45, 2.75) is 58.7 Å². The molecule has 0 N–H and O–H groups in total. The molecule has 0 spiro atoms. The fourth-order valence-corrected chi connectivity index (χ4v) is 4.87. The maximum atomic E-state index is 12.6. The molecule has 7 nitrogen and oxygen atoms in total. The molecule has 2 aliphatic rings. The molecule has 4 rings (SSSR count). The van der Waals surface area contributed by atoms with Crippen LogP contribution in [0.5, 0.6) is 0 Å². The first-order valence-electron chi connectivity index (χ1n) is 11.2. The van der Waals surface area contributed by atoms with Crippen LogP contribution in [-0.2, 0) is 18.0 Å². The van der Waals surface area contributed by atoms with Crippen LogP contribution in [0.25, 0.3) is 11.4 Å². The first-order valence-corrected chi connectivity index (χ1v) is 11.6. The third-order valence-corrected chi connectivity index (χ3v) is 6.74. The summed E-state index contributed by atoms with van der Waals surface area (Å²) in [5.41, 5.74) is 1.03. The van der Waals surface area contributed by atoms with Crippen molar-refractivity contribution in [1.29, 1.82) is 0 Å². The summed E-state index contributed by atoms with van der Waals surface area (Å²) in [6.07, 6.45) is 10.3. The van der Waals surface area contributed by atoms with Crippen molar-refractivity contribution in [3.63, 3.8) is 0 Å². The Hall–Kier alpha value is -2.06. The zero-order valence-corrected chi connectivity index (χ0v) is 18.7. The maximum absolute atomic E-state index is 12.6. The average Bonchev–Trinajstić information content (AvgIpc) is 3.39. The normalized spacial score (nSPS) is 18.2. The van der Waals surface area contributed by atoms with Gasteiger partial charge >= 0.3 is 0 Å². The van der Waals surface area contributed by atoms with Crippen molar-refractivity contribution < 1.29 is 4.79 Å². The van der Waals surface area contributed by atoms with Crippen LogP contribution in [0.15, 0.2) is 24.5 Å². The van der Waals surface area contributed by atoms with Gasteiger partial charge in [0.05, 0.1) is 6.67 Å². The number of hydrogen-bond acceptors (Lipinski definition) is 5. The van der Waals surface area contributed by atoms with E-state index in [0.29, 0.717) is 18.5 Å². The Morgan fingerprint density at radius 3 is 2.50 bits per heavy atom. The highest BCUT2D eigenvalue weighted by Gasteiger charge is 2.25. The number of carbonyl (C=O) groups excluding carboxylic acids is 1. The minimum absolute atomic E-state index is 0.338. The number of nitrogens with zero attached hydrogens (tertiary/aromatic N) is 6. The Labute approximate surface area is 183 Å². The Bertz CT molecular complexity index is 894. The van der Waals surface area contributed by atoms with Crippen molar-refractivity contribution in [3.05, 3.63) is 29.3 Å². The van der Waals surface area contributed by atoms with Gasteiger partial charge in [-0.2, -0.15) is 5.10 Å². The molecular weight excluding hydrogens is 396 g/mol. The highest BCUT2D eigenvalue weighted by atomic mass is 32.1. The third kappa shape index (κ3) is 4.81. The summed E-state index contributed by atoms with van der Waals surface area (Å²) < 4.78 is 4.80. The second-order valence-electron chi connectivity index (χ2n) is 8.49. The fourth-order valence-electron chi connectivity index (χ4n) is 4.59. The first-order chi connectivity index (χ1) is 14.7. The SMILES string of the molecule is CCCn1c(-c2ccncc2)nn(CN2CCN(C(=O)CC3CCCC3)CC2)c1=S. The van der Waals surface area contributed by atoms with Crippen LogP contribution in [0, 0.1) is 10.7 Å². The molecule has 2 aromatic heterocycles. The molecule has 2 fully saturated rings. The minimum Gasteiger partial charge on any atom is -0.340 e. The van der Waals surface area contributed by atoms with Gasteiger partial charge in [-0.3, -0.25) is 19.2 Å². The lowest BCUT2D eigenvalue weighted by Crippen LogP contribution is -2.49. The number of amides is 1. The molecule has 0 radical (unpaired) electrons. The monoisotopic (exact) mass is 428 g/mol. The first kappa shape index (κ1) is 21.2. The lowest BCUT2D eigenvalue weighted by atomic mass is 10.0. The van der Waals surface area contributed by atoms with Crippen molar-refractivity contribution in [1.82, 2.24) is 29.1 Å². The summed E-state index contributed by atoms with van der Waals surface area (Å²) in [6.45, 7) is 6.99. The topological polar surface area (TPSA) is 59.2 Å². The molecule has 0 atom stereocenters. The van der Waals surface area contributed by atoms with Crippen molar-refractivity contribution in [3.8, 4) is 11.4 Å². The lowest BCUT2D eigenvalue weighted by Gasteiger charge is -2.35. The summed E-state index contributed by atoms with van der Waals surface area (Å²) in [6, 6.07) is 3.95. The highest BCUT2D eigenvalue weighted by molar-refractivity contribution is 7.71. The smallest absolute Gasteiger partial charge is 0.222 e. The van der Waals surface area contributed by atoms with Gasteiger partial charge in [-0.25, -0.2) is 4.68 Å². The van der Waals surface area contributed by atoms with Crippen LogP contribution in [0.1, 0.15) is 45.4 Å². The lowest BCUT2D eigenvalue weighted by molar-refractivity contribution is -0.134. The summed E-state index contributed by atoms with van der Waals surface area (Å²) in [5, 5.41) is 4.84.